The Hall–Kier alpha value is -1.47. The van der Waals surface area contributed by atoms with E-state index in [-0.39, 0.29) is 5.56 Å². The number of rotatable bonds is 5. The van der Waals surface area contributed by atoms with E-state index in [1.54, 1.807) is 0 Å². The molecule has 1 N–H and O–H groups in total. The first-order valence-electron chi connectivity index (χ1n) is 6.15. The van der Waals surface area contributed by atoms with E-state index in [1.165, 1.54) is 30.1 Å². The zero-order valence-electron chi connectivity index (χ0n) is 10.2. The Morgan fingerprint density at radius 2 is 2.39 bits per heavy atom. The van der Waals surface area contributed by atoms with Crippen LogP contribution in [0, 0.1) is 18.3 Å². The zero-order chi connectivity index (χ0) is 13.0. The first-order chi connectivity index (χ1) is 8.72. The van der Waals surface area contributed by atoms with Crippen molar-refractivity contribution in [2.24, 2.45) is 5.92 Å². The fraction of sp³-hybridized carbons (Fsp3) is 0.538. The summed E-state index contributed by atoms with van der Waals surface area (Å²) in [4.78, 5) is 12.2. The Morgan fingerprint density at radius 1 is 1.61 bits per heavy atom. The van der Waals surface area contributed by atoms with E-state index in [0.717, 1.165) is 0 Å². The molecule has 4 nitrogen and oxygen atoms in total. The van der Waals surface area contributed by atoms with Crippen LogP contribution in [0.1, 0.15) is 25.7 Å². The van der Waals surface area contributed by atoms with E-state index < -0.39 is 0 Å². The first-order valence-corrected chi connectivity index (χ1v) is 6.53. The van der Waals surface area contributed by atoms with Crippen LogP contribution in [0.4, 0.5) is 5.69 Å². The Kier molecular flexibility index (Phi) is 4.27. The number of hydrogen-bond acceptors (Lipinski definition) is 3. The lowest BCUT2D eigenvalue weighted by Gasteiger charge is -2.25. The molecule has 0 aromatic carbocycles. The molecule has 1 aromatic heterocycles. The van der Waals surface area contributed by atoms with Crippen molar-refractivity contribution in [3.05, 3.63) is 21.6 Å². The SMILES string of the molecule is C#CCCNc1c(Cl)cnn(CC2CCC2)c1=O. The Bertz CT molecular complexity index is 514. The predicted molar refractivity (Wildman–Crippen MR) is 72.8 cm³/mol. The lowest BCUT2D eigenvalue weighted by atomic mass is 9.85. The van der Waals surface area contributed by atoms with Gasteiger partial charge in [0.15, 0.2) is 0 Å². The molecular formula is C13H16ClN3O. The molecule has 1 aliphatic rings. The van der Waals surface area contributed by atoms with Crippen LogP contribution in [0.15, 0.2) is 11.0 Å². The van der Waals surface area contributed by atoms with E-state index in [0.29, 0.717) is 36.1 Å². The van der Waals surface area contributed by atoms with E-state index in [9.17, 15) is 4.79 Å². The summed E-state index contributed by atoms with van der Waals surface area (Å²) in [6.45, 7) is 1.22. The van der Waals surface area contributed by atoms with Gasteiger partial charge in [0.2, 0.25) is 0 Å². The average Bonchev–Trinajstić information content (AvgIpc) is 2.30. The van der Waals surface area contributed by atoms with Crippen LogP contribution < -0.4 is 10.9 Å². The van der Waals surface area contributed by atoms with Crippen molar-refractivity contribution in [3.8, 4) is 12.3 Å². The monoisotopic (exact) mass is 265 g/mol. The van der Waals surface area contributed by atoms with Gasteiger partial charge in [-0.1, -0.05) is 18.0 Å². The fourth-order valence-corrected chi connectivity index (χ4v) is 2.13. The molecule has 5 heteroatoms. The van der Waals surface area contributed by atoms with Gasteiger partial charge in [-0.25, -0.2) is 4.68 Å². The molecule has 96 valence electrons. The van der Waals surface area contributed by atoms with Crippen LogP contribution >= 0.6 is 11.6 Å². The molecule has 0 amide bonds. The minimum atomic E-state index is -0.161. The Balaban J connectivity index is 2.14. The van der Waals surface area contributed by atoms with Crippen LogP contribution in [0.3, 0.4) is 0 Å². The van der Waals surface area contributed by atoms with Gasteiger partial charge in [0.25, 0.3) is 5.56 Å². The third-order valence-electron chi connectivity index (χ3n) is 3.22. The topological polar surface area (TPSA) is 46.9 Å². The second-order valence-corrected chi connectivity index (χ2v) is 4.94. The molecule has 0 atom stereocenters. The van der Waals surface area contributed by atoms with Crippen molar-refractivity contribution >= 4 is 17.3 Å². The summed E-state index contributed by atoms with van der Waals surface area (Å²) >= 11 is 5.97. The highest BCUT2D eigenvalue weighted by molar-refractivity contribution is 6.32. The summed E-state index contributed by atoms with van der Waals surface area (Å²) in [5.74, 6) is 3.09. The lowest BCUT2D eigenvalue weighted by Crippen LogP contribution is -2.31. The normalized spacial score (nSPS) is 14.9. The largest absolute Gasteiger partial charge is 0.378 e. The molecule has 1 saturated carbocycles. The van der Waals surface area contributed by atoms with Gasteiger partial charge in [-0.2, -0.15) is 5.10 Å². The van der Waals surface area contributed by atoms with Gasteiger partial charge in [0.05, 0.1) is 11.2 Å². The first kappa shape index (κ1) is 13.0. The molecule has 0 aliphatic heterocycles. The summed E-state index contributed by atoms with van der Waals surface area (Å²) < 4.78 is 1.49. The van der Waals surface area contributed by atoms with Crippen molar-refractivity contribution in [3.63, 3.8) is 0 Å². The van der Waals surface area contributed by atoms with Crippen molar-refractivity contribution in [1.82, 2.24) is 9.78 Å². The minimum absolute atomic E-state index is 0.161. The molecule has 1 aromatic rings. The summed E-state index contributed by atoms with van der Waals surface area (Å²) in [5.41, 5.74) is 0.243. The number of nitrogens with one attached hydrogen (secondary N) is 1. The van der Waals surface area contributed by atoms with Crippen molar-refractivity contribution in [1.29, 1.82) is 0 Å². The van der Waals surface area contributed by atoms with Crippen molar-refractivity contribution in [2.75, 3.05) is 11.9 Å². The quantitative estimate of drug-likeness (QED) is 0.655. The van der Waals surface area contributed by atoms with Crippen LogP contribution in [-0.2, 0) is 6.54 Å². The molecule has 2 rings (SSSR count). The van der Waals surface area contributed by atoms with Gasteiger partial charge in [0.1, 0.15) is 5.69 Å². The van der Waals surface area contributed by atoms with E-state index in [1.807, 2.05) is 0 Å². The average molecular weight is 266 g/mol. The predicted octanol–water partition coefficient (Wildman–Crippen LogP) is 2.13. The van der Waals surface area contributed by atoms with Crippen LogP contribution in [0.25, 0.3) is 0 Å². The summed E-state index contributed by atoms with van der Waals surface area (Å²) in [6, 6.07) is 0. The standard InChI is InChI=1S/C13H16ClN3O/c1-2-3-7-15-12-11(14)8-16-17(13(12)18)9-10-5-4-6-10/h1,8,10,15H,3-7,9H2. The van der Waals surface area contributed by atoms with Gasteiger partial charge in [0, 0.05) is 19.5 Å². The highest BCUT2D eigenvalue weighted by Gasteiger charge is 2.20. The van der Waals surface area contributed by atoms with Gasteiger partial charge < -0.3 is 5.32 Å². The summed E-state index contributed by atoms with van der Waals surface area (Å²) in [7, 11) is 0. The van der Waals surface area contributed by atoms with Crippen molar-refractivity contribution < 1.29 is 0 Å². The maximum Gasteiger partial charge on any atom is 0.291 e. The van der Waals surface area contributed by atoms with Gasteiger partial charge >= 0.3 is 0 Å². The molecule has 0 spiro atoms. The maximum atomic E-state index is 12.2. The molecule has 0 unspecified atom stereocenters. The molecule has 1 fully saturated rings. The van der Waals surface area contributed by atoms with Crippen LogP contribution in [0.2, 0.25) is 5.02 Å². The minimum Gasteiger partial charge on any atom is -0.378 e. The molecular weight excluding hydrogens is 250 g/mol. The third kappa shape index (κ3) is 2.85. The lowest BCUT2D eigenvalue weighted by molar-refractivity contribution is 0.262. The molecule has 0 radical (unpaired) electrons. The third-order valence-corrected chi connectivity index (χ3v) is 3.51. The number of anilines is 1. The molecule has 0 saturated heterocycles. The Labute approximate surface area is 111 Å². The Morgan fingerprint density at radius 3 is 3.00 bits per heavy atom. The van der Waals surface area contributed by atoms with E-state index in [4.69, 9.17) is 18.0 Å². The molecule has 1 heterocycles. The maximum absolute atomic E-state index is 12.2. The second kappa shape index (κ2) is 5.92. The number of aromatic nitrogens is 2. The zero-order valence-corrected chi connectivity index (χ0v) is 10.9. The highest BCUT2D eigenvalue weighted by Crippen LogP contribution is 2.27. The van der Waals surface area contributed by atoms with Gasteiger partial charge in [-0.15, -0.1) is 12.3 Å². The molecule has 0 bridgehead atoms. The van der Waals surface area contributed by atoms with Crippen LogP contribution in [0.5, 0.6) is 0 Å². The highest BCUT2D eigenvalue weighted by atomic mass is 35.5. The van der Waals surface area contributed by atoms with Gasteiger partial charge in [-0.05, 0) is 18.8 Å². The summed E-state index contributed by atoms with van der Waals surface area (Å²) in [6.07, 6.45) is 10.8. The number of hydrogen-bond donors (Lipinski definition) is 1. The van der Waals surface area contributed by atoms with Gasteiger partial charge in [-0.3, -0.25) is 4.79 Å². The number of nitrogens with zero attached hydrogens (tertiary/aromatic N) is 2. The van der Waals surface area contributed by atoms with Crippen molar-refractivity contribution in [2.45, 2.75) is 32.2 Å². The van der Waals surface area contributed by atoms with E-state index >= 15 is 0 Å². The second-order valence-electron chi connectivity index (χ2n) is 4.53. The molecule has 1 aliphatic carbocycles. The fourth-order valence-electron chi connectivity index (χ4n) is 1.94. The van der Waals surface area contributed by atoms with E-state index in [2.05, 4.69) is 16.3 Å². The smallest absolute Gasteiger partial charge is 0.291 e. The van der Waals surface area contributed by atoms with Crippen LogP contribution in [-0.4, -0.2) is 16.3 Å². The number of terminal acetylenes is 1. The summed E-state index contributed by atoms with van der Waals surface area (Å²) in [5, 5.41) is 7.41. The molecule has 18 heavy (non-hydrogen) atoms. The number of halogens is 1.